The second-order valence-electron chi connectivity index (χ2n) is 5.46. The summed E-state index contributed by atoms with van der Waals surface area (Å²) in [5.41, 5.74) is 6.87. The lowest BCUT2D eigenvalue weighted by molar-refractivity contribution is 0.565. The molecule has 0 aliphatic carbocycles. The van der Waals surface area contributed by atoms with Crippen LogP contribution in [0.1, 0.15) is 38.3 Å². The topological polar surface area (TPSA) is 51.8 Å². The van der Waals surface area contributed by atoms with Crippen LogP contribution in [-0.4, -0.2) is 9.97 Å². The zero-order chi connectivity index (χ0) is 14.2. The summed E-state index contributed by atoms with van der Waals surface area (Å²) >= 11 is 5.22. The Morgan fingerprint density at radius 1 is 1.26 bits per heavy atom. The van der Waals surface area contributed by atoms with E-state index in [9.17, 15) is 0 Å². The van der Waals surface area contributed by atoms with Gasteiger partial charge in [-0.25, -0.2) is 9.97 Å². The van der Waals surface area contributed by atoms with Crippen LogP contribution >= 0.6 is 27.3 Å². The number of aromatic nitrogens is 2. The fraction of sp³-hybridized carbons (Fsp3) is 0.429. The summed E-state index contributed by atoms with van der Waals surface area (Å²) in [5, 5.41) is 0. The van der Waals surface area contributed by atoms with Crippen LogP contribution in [0.4, 0.5) is 5.82 Å². The van der Waals surface area contributed by atoms with E-state index in [0.717, 1.165) is 27.3 Å². The molecule has 0 bridgehead atoms. The molecule has 0 fully saturated rings. The highest BCUT2D eigenvalue weighted by molar-refractivity contribution is 9.10. The SMILES string of the molecule is CCc1ccc(-c2nc(N)c(Br)c(C(C)(C)C)n2)s1. The Kier molecular flexibility index (Phi) is 3.97. The monoisotopic (exact) mass is 339 g/mol. The van der Waals surface area contributed by atoms with Gasteiger partial charge < -0.3 is 5.73 Å². The summed E-state index contributed by atoms with van der Waals surface area (Å²) in [6, 6.07) is 4.19. The molecule has 0 radical (unpaired) electrons. The van der Waals surface area contributed by atoms with Crippen molar-refractivity contribution in [2.24, 2.45) is 0 Å². The van der Waals surface area contributed by atoms with Gasteiger partial charge in [0.05, 0.1) is 15.0 Å². The maximum absolute atomic E-state index is 6.00. The van der Waals surface area contributed by atoms with Crippen LogP contribution in [0.15, 0.2) is 16.6 Å². The van der Waals surface area contributed by atoms with E-state index in [1.165, 1.54) is 4.88 Å². The van der Waals surface area contributed by atoms with E-state index in [0.29, 0.717) is 5.82 Å². The molecular weight excluding hydrogens is 322 g/mol. The van der Waals surface area contributed by atoms with Gasteiger partial charge in [0.2, 0.25) is 0 Å². The number of hydrogen-bond acceptors (Lipinski definition) is 4. The Hall–Kier alpha value is -0.940. The Labute approximate surface area is 126 Å². The smallest absolute Gasteiger partial charge is 0.171 e. The summed E-state index contributed by atoms with van der Waals surface area (Å²) < 4.78 is 0.802. The number of nitrogen functional groups attached to an aromatic ring is 1. The van der Waals surface area contributed by atoms with Crippen LogP contribution in [0, 0.1) is 0 Å². The average molecular weight is 340 g/mol. The van der Waals surface area contributed by atoms with Crippen LogP contribution in [0.2, 0.25) is 0 Å². The van der Waals surface area contributed by atoms with E-state index in [2.05, 4.69) is 60.7 Å². The zero-order valence-electron chi connectivity index (χ0n) is 11.6. The van der Waals surface area contributed by atoms with Crippen molar-refractivity contribution in [3.8, 4) is 10.7 Å². The second-order valence-corrected chi connectivity index (χ2v) is 7.43. The fourth-order valence-corrected chi connectivity index (χ4v) is 3.41. The molecule has 0 spiro atoms. The minimum atomic E-state index is -0.0739. The van der Waals surface area contributed by atoms with Gasteiger partial charge >= 0.3 is 0 Å². The number of thiophene rings is 1. The van der Waals surface area contributed by atoms with Crippen LogP contribution in [-0.2, 0) is 11.8 Å². The lowest BCUT2D eigenvalue weighted by atomic mass is 9.92. The molecule has 2 N–H and O–H groups in total. The normalized spacial score (nSPS) is 11.8. The molecule has 3 nitrogen and oxygen atoms in total. The number of nitrogens with two attached hydrogens (primary N) is 1. The van der Waals surface area contributed by atoms with Crippen molar-refractivity contribution >= 4 is 33.1 Å². The lowest BCUT2D eigenvalue weighted by Crippen LogP contribution is -2.16. The van der Waals surface area contributed by atoms with Gasteiger partial charge in [0.15, 0.2) is 5.82 Å². The first kappa shape index (κ1) is 14.5. The van der Waals surface area contributed by atoms with Crippen molar-refractivity contribution < 1.29 is 0 Å². The number of nitrogens with zero attached hydrogens (tertiary/aromatic N) is 2. The van der Waals surface area contributed by atoms with Crippen LogP contribution in [0.25, 0.3) is 10.7 Å². The molecule has 0 amide bonds. The number of hydrogen-bond donors (Lipinski definition) is 1. The summed E-state index contributed by atoms with van der Waals surface area (Å²) in [5.74, 6) is 1.22. The van der Waals surface area contributed by atoms with Crippen LogP contribution < -0.4 is 5.73 Å². The van der Waals surface area contributed by atoms with Gasteiger partial charge in [-0.3, -0.25) is 0 Å². The Bertz CT molecular complexity index is 599. The van der Waals surface area contributed by atoms with Crippen molar-refractivity contribution in [3.63, 3.8) is 0 Å². The molecule has 0 aromatic carbocycles. The molecule has 2 heterocycles. The maximum atomic E-state index is 6.00. The minimum Gasteiger partial charge on any atom is -0.383 e. The van der Waals surface area contributed by atoms with Crippen molar-refractivity contribution in [2.75, 3.05) is 5.73 Å². The Morgan fingerprint density at radius 2 is 1.95 bits per heavy atom. The highest BCUT2D eigenvalue weighted by Crippen LogP contribution is 2.34. The molecule has 0 unspecified atom stereocenters. The molecule has 0 aliphatic rings. The number of aryl methyl sites for hydroxylation is 1. The third-order valence-electron chi connectivity index (χ3n) is 2.82. The van der Waals surface area contributed by atoms with E-state index in [4.69, 9.17) is 10.7 Å². The summed E-state index contributed by atoms with van der Waals surface area (Å²) in [4.78, 5) is 11.5. The van der Waals surface area contributed by atoms with E-state index < -0.39 is 0 Å². The quantitative estimate of drug-likeness (QED) is 0.881. The molecule has 0 aliphatic heterocycles. The Morgan fingerprint density at radius 3 is 2.47 bits per heavy atom. The molecular formula is C14H18BrN3S. The molecule has 102 valence electrons. The number of halogens is 1. The molecule has 2 aromatic rings. The fourth-order valence-electron chi connectivity index (χ4n) is 1.76. The highest BCUT2D eigenvalue weighted by Gasteiger charge is 2.23. The summed E-state index contributed by atoms with van der Waals surface area (Å²) in [6.07, 6.45) is 1.03. The predicted molar refractivity (Wildman–Crippen MR) is 85.5 cm³/mol. The minimum absolute atomic E-state index is 0.0739. The maximum Gasteiger partial charge on any atom is 0.171 e. The van der Waals surface area contributed by atoms with Crippen LogP contribution in [0.5, 0.6) is 0 Å². The van der Waals surface area contributed by atoms with Gasteiger partial charge in [0.25, 0.3) is 0 Å². The first-order chi connectivity index (χ1) is 8.82. The second kappa shape index (κ2) is 5.21. The first-order valence-corrected chi connectivity index (χ1v) is 7.86. The average Bonchev–Trinajstić information content (AvgIpc) is 2.79. The molecule has 0 atom stereocenters. The van der Waals surface area contributed by atoms with Gasteiger partial charge in [-0.2, -0.15) is 0 Å². The van der Waals surface area contributed by atoms with Gasteiger partial charge in [0.1, 0.15) is 5.82 Å². The van der Waals surface area contributed by atoms with E-state index in [1.54, 1.807) is 11.3 Å². The molecule has 2 rings (SSSR count). The largest absolute Gasteiger partial charge is 0.383 e. The molecule has 0 saturated carbocycles. The molecule has 2 aromatic heterocycles. The molecule has 19 heavy (non-hydrogen) atoms. The van der Waals surface area contributed by atoms with Crippen LogP contribution in [0.3, 0.4) is 0 Å². The van der Waals surface area contributed by atoms with Crippen molar-refractivity contribution in [1.29, 1.82) is 0 Å². The van der Waals surface area contributed by atoms with Gasteiger partial charge in [-0.15, -0.1) is 11.3 Å². The summed E-state index contributed by atoms with van der Waals surface area (Å²) in [6.45, 7) is 8.51. The zero-order valence-corrected chi connectivity index (χ0v) is 14.0. The number of rotatable bonds is 2. The van der Waals surface area contributed by atoms with E-state index in [-0.39, 0.29) is 5.41 Å². The summed E-state index contributed by atoms with van der Waals surface area (Å²) in [7, 11) is 0. The van der Waals surface area contributed by atoms with Gasteiger partial charge in [-0.1, -0.05) is 27.7 Å². The standard InChI is InChI=1S/C14H18BrN3S/c1-5-8-6-7-9(19-8)13-17-11(14(2,3)4)10(15)12(16)18-13/h6-7H,5H2,1-4H3,(H2,16,17,18). The van der Waals surface area contributed by atoms with Crippen molar-refractivity contribution in [3.05, 3.63) is 27.2 Å². The molecule has 0 saturated heterocycles. The van der Waals surface area contributed by atoms with Crippen molar-refractivity contribution in [2.45, 2.75) is 39.5 Å². The Balaban J connectivity index is 2.56. The first-order valence-electron chi connectivity index (χ1n) is 6.25. The van der Waals surface area contributed by atoms with E-state index >= 15 is 0 Å². The molecule has 5 heteroatoms. The third-order valence-corrected chi connectivity index (χ3v) is 4.83. The number of anilines is 1. The van der Waals surface area contributed by atoms with Crippen molar-refractivity contribution in [1.82, 2.24) is 9.97 Å². The lowest BCUT2D eigenvalue weighted by Gasteiger charge is -2.20. The predicted octanol–water partition coefficient (Wildman–Crippen LogP) is 4.41. The van der Waals surface area contributed by atoms with Gasteiger partial charge in [0, 0.05) is 10.3 Å². The highest BCUT2D eigenvalue weighted by atomic mass is 79.9. The van der Waals surface area contributed by atoms with E-state index in [1.807, 2.05) is 0 Å². The van der Waals surface area contributed by atoms with Gasteiger partial charge in [-0.05, 0) is 34.5 Å². The third kappa shape index (κ3) is 2.98.